The molecule has 0 radical (unpaired) electrons. The number of hydrazone groups is 1. The van der Waals surface area contributed by atoms with E-state index in [0.29, 0.717) is 11.3 Å². The van der Waals surface area contributed by atoms with Crippen molar-refractivity contribution >= 4 is 39.4 Å². The lowest BCUT2D eigenvalue weighted by atomic mass is 10.1. The van der Waals surface area contributed by atoms with Gasteiger partial charge in [-0.2, -0.15) is 5.10 Å². The number of hydrogen-bond acceptors (Lipinski definition) is 4. The zero-order chi connectivity index (χ0) is 17.2. The first-order chi connectivity index (χ1) is 12.2. The number of aromatic amines is 2. The summed E-state index contributed by atoms with van der Waals surface area (Å²) in [7, 11) is 0. The minimum atomic E-state index is -0.255. The molecule has 0 amide bonds. The van der Waals surface area contributed by atoms with Crippen LogP contribution < -0.4 is 11.4 Å². The van der Waals surface area contributed by atoms with Crippen LogP contribution in [0.1, 0.15) is 5.56 Å². The van der Waals surface area contributed by atoms with Crippen LogP contribution in [-0.4, -0.2) is 21.9 Å². The van der Waals surface area contributed by atoms with E-state index >= 15 is 0 Å². The van der Waals surface area contributed by atoms with Crippen molar-refractivity contribution in [3.05, 3.63) is 76.7 Å². The largest absolute Gasteiger partial charge is 0.361 e. The fourth-order valence-corrected chi connectivity index (χ4v) is 2.76. The molecule has 0 aliphatic heterocycles. The van der Waals surface area contributed by atoms with Crippen LogP contribution in [0.4, 0.5) is 5.69 Å². The Morgan fingerprint density at radius 1 is 1.00 bits per heavy atom. The average molecular weight is 329 g/mol. The molecule has 0 spiro atoms. The molecule has 4 aromatic rings. The molecule has 2 aromatic carbocycles. The van der Waals surface area contributed by atoms with Crippen LogP contribution in [0.25, 0.3) is 21.8 Å². The Kier molecular flexibility index (Phi) is 3.63. The molecule has 25 heavy (non-hydrogen) atoms. The molecule has 6 nitrogen and oxygen atoms in total. The number of benzene rings is 2. The third-order valence-electron chi connectivity index (χ3n) is 4.04. The van der Waals surface area contributed by atoms with Gasteiger partial charge in [-0.3, -0.25) is 9.79 Å². The molecule has 0 fully saturated rings. The minimum absolute atomic E-state index is 0.255. The average Bonchev–Trinajstić information content (AvgIpc) is 3.10. The van der Waals surface area contributed by atoms with Gasteiger partial charge in [0.15, 0.2) is 0 Å². The summed E-state index contributed by atoms with van der Waals surface area (Å²) in [6.45, 7) is 0. The van der Waals surface area contributed by atoms with Gasteiger partial charge in [-0.25, -0.2) is 0 Å². The van der Waals surface area contributed by atoms with Gasteiger partial charge in [0.05, 0.1) is 17.5 Å². The van der Waals surface area contributed by atoms with Crippen LogP contribution in [0.15, 0.2) is 75.7 Å². The maximum atomic E-state index is 12.3. The fraction of sp³-hybridized carbons (Fsp3) is 0. The molecule has 6 heteroatoms. The highest BCUT2D eigenvalue weighted by atomic mass is 16.1. The zero-order valence-electron chi connectivity index (χ0n) is 13.2. The summed E-state index contributed by atoms with van der Waals surface area (Å²) in [5.74, 6) is 5.49. The number of nitrogens with one attached hydrogen (secondary N) is 2. The molecule has 4 N–H and O–H groups in total. The first kappa shape index (κ1) is 14.9. The summed E-state index contributed by atoms with van der Waals surface area (Å²) in [6.07, 6.45) is 3.38. The van der Waals surface area contributed by atoms with Crippen LogP contribution >= 0.6 is 0 Å². The van der Waals surface area contributed by atoms with E-state index in [0.717, 1.165) is 27.5 Å². The molecular weight excluding hydrogens is 314 g/mol. The highest BCUT2D eigenvalue weighted by molar-refractivity contribution is 6.38. The van der Waals surface area contributed by atoms with Crippen LogP contribution in [-0.2, 0) is 0 Å². The molecule has 0 unspecified atom stereocenters. The van der Waals surface area contributed by atoms with E-state index in [2.05, 4.69) is 20.1 Å². The first-order valence-electron chi connectivity index (χ1n) is 7.76. The Morgan fingerprint density at radius 2 is 1.88 bits per heavy atom. The van der Waals surface area contributed by atoms with Crippen molar-refractivity contribution in [3.63, 3.8) is 0 Å². The van der Waals surface area contributed by atoms with E-state index in [1.54, 1.807) is 6.07 Å². The first-order valence-corrected chi connectivity index (χ1v) is 7.76. The number of para-hydroxylation sites is 1. The zero-order valence-corrected chi connectivity index (χ0v) is 13.2. The number of fused-ring (bicyclic) bond motifs is 2. The van der Waals surface area contributed by atoms with Crippen LogP contribution in [0.3, 0.4) is 0 Å². The van der Waals surface area contributed by atoms with Gasteiger partial charge >= 0.3 is 0 Å². The third kappa shape index (κ3) is 2.81. The Hall–Kier alpha value is -3.67. The van der Waals surface area contributed by atoms with Crippen molar-refractivity contribution in [1.29, 1.82) is 0 Å². The molecule has 0 aliphatic rings. The number of hydrogen-bond donors (Lipinski definition) is 3. The lowest BCUT2D eigenvalue weighted by Gasteiger charge is -2.02. The predicted molar refractivity (Wildman–Crippen MR) is 102 cm³/mol. The molecule has 122 valence electrons. The number of nitrogens with two attached hydrogens (primary N) is 1. The van der Waals surface area contributed by atoms with Crippen LogP contribution in [0.5, 0.6) is 0 Å². The Morgan fingerprint density at radius 3 is 2.76 bits per heavy atom. The maximum absolute atomic E-state index is 12.3. The van der Waals surface area contributed by atoms with E-state index < -0.39 is 0 Å². The lowest BCUT2D eigenvalue weighted by molar-refractivity contribution is 1.23. The number of rotatable bonds is 3. The van der Waals surface area contributed by atoms with Gasteiger partial charge in [0.25, 0.3) is 5.56 Å². The Labute approximate surface area is 142 Å². The van der Waals surface area contributed by atoms with E-state index in [9.17, 15) is 4.79 Å². The summed E-state index contributed by atoms with van der Waals surface area (Å²) < 4.78 is 0. The number of pyridine rings is 1. The molecular formula is C19H15N5O. The van der Waals surface area contributed by atoms with Crippen molar-refractivity contribution in [2.75, 3.05) is 0 Å². The normalized spacial score (nSPS) is 12.4. The second-order valence-electron chi connectivity index (χ2n) is 5.62. The van der Waals surface area contributed by atoms with Crippen molar-refractivity contribution in [3.8, 4) is 0 Å². The molecule has 0 bridgehead atoms. The van der Waals surface area contributed by atoms with Crippen molar-refractivity contribution in [2.45, 2.75) is 0 Å². The summed E-state index contributed by atoms with van der Waals surface area (Å²) in [5, 5.41) is 5.74. The molecule has 0 saturated heterocycles. The van der Waals surface area contributed by atoms with E-state index in [1.807, 2.05) is 54.7 Å². The minimum Gasteiger partial charge on any atom is -0.361 e. The Bertz CT molecular complexity index is 1180. The van der Waals surface area contributed by atoms with E-state index in [1.165, 1.54) is 6.21 Å². The molecule has 0 saturated carbocycles. The topological polar surface area (TPSA) is 99.4 Å². The summed E-state index contributed by atoms with van der Waals surface area (Å²) in [6, 6.07) is 17.1. The molecule has 2 aromatic heterocycles. The van der Waals surface area contributed by atoms with Gasteiger partial charge in [0.2, 0.25) is 0 Å². The van der Waals surface area contributed by atoms with Crippen LogP contribution in [0.2, 0.25) is 0 Å². The SMILES string of the molecule is NN=C(C=Nc1ccc2cc[nH]c2c1)c1cc2ccccc2[nH]c1=O. The maximum Gasteiger partial charge on any atom is 0.258 e. The number of H-pyrrole nitrogens is 2. The smallest absolute Gasteiger partial charge is 0.258 e. The number of aromatic nitrogens is 2. The second kappa shape index (κ2) is 6.09. The summed E-state index contributed by atoms with van der Waals surface area (Å²) in [5.41, 5.74) is 2.94. The van der Waals surface area contributed by atoms with E-state index in [4.69, 9.17) is 5.84 Å². The molecule has 0 atom stereocenters. The summed E-state index contributed by atoms with van der Waals surface area (Å²) >= 11 is 0. The molecule has 0 aliphatic carbocycles. The number of aliphatic imine (C=N–C) groups is 1. The van der Waals surface area contributed by atoms with Gasteiger partial charge in [-0.15, -0.1) is 0 Å². The summed E-state index contributed by atoms with van der Waals surface area (Å²) in [4.78, 5) is 22.7. The van der Waals surface area contributed by atoms with Crippen LogP contribution in [0, 0.1) is 0 Å². The number of nitrogens with zero attached hydrogens (tertiary/aromatic N) is 2. The van der Waals surface area contributed by atoms with E-state index in [-0.39, 0.29) is 5.56 Å². The molecule has 2 heterocycles. The Balaban J connectivity index is 1.73. The highest BCUT2D eigenvalue weighted by Gasteiger charge is 2.08. The second-order valence-corrected chi connectivity index (χ2v) is 5.62. The van der Waals surface area contributed by atoms with Gasteiger partial charge in [-0.1, -0.05) is 24.3 Å². The van der Waals surface area contributed by atoms with Gasteiger partial charge in [0.1, 0.15) is 5.71 Å². The quantitative estimate of drug-likeness (QED) is 0.306. The van der Waals surface area contributed by atoms with Gasteiger partial charge in [0, 0.05) is 17.2 Å². The standard InChI is InChI=1S/C19H15N5O/c20-24-18(11-22-14-6-5-12-7-8-21-17(12)10-14)15-9-13-3-1-2-4-16(13)23-19(15)25/h1-11,21H,20H2,(H,23,25). The van der Waals surface area contributed by atoms with Crippen molar-refractivity contribution < 1.29 is 0 Å². The highest BCUT2D eigenvalue weighted by Crippen LogP contribution is 2.19. The van der Waals surface area contributed by atoms with Gasteiger partial charge < -0.3 is 15.8 Å². The monoisotopic (exact) mass is 329 g/mol. The fourth-order valence-electron chi connectivity index (χ4n) is 2.76. The predicted octanol–water partition coefficient (Wildman–Crippen LogP) is 3.07. The van der Waals surface area contributed by atoms with Crippen molar-refractivity contribution in [2.24, 2.45) is 15.9 Å². The van der Waals surface area contributed by atoms with Gasteiger partial charge in [-0.05, 0) is 41.1 Å². The van der Waals surface area contributed by atoms with Crippen molar-refractivity contribution in [1.82, 2.24) is 9.97 Å². The lowest BCUT2D eigenvalue weighted by Crippen LogP contribution is -2.20. The third-order valence-corrected chi connectivity index (χ3v) is 4.04. The molecule has 4 rings (SSSR count).